The lowest BCUT2D eigenvalue weighted by Crippen LogP contribution is -2.26. The maximum Gasteiger partial charge on any atom is 0.258 e. The summed E-state index contributed by atoms with van der Waals surface area (Å²) in [5, 5.41) is 0.634. The van der Waals surface area contributed by atoms with Crippen molar-refractivity contribution in [2.45, 2.75) is 26.5 Å². The number of H-pyrrole nitrogens is 1. The van der Waals surface area contributed by atoms with Crippen LogP contribution in [0, 0.1) is 6.92 Å². The molecular formula is C15H19N3OS2. The highest BCUT2D eigenvalue weighted by Crippen LogP contribution is 2.17. The minimum atomic E-state index is -0.0898. The SMILES string of the molecule is CCN(CC)C(=S)SCc1nc2c(C)cccc2c(=O)[nH]1. The molecule has 0 aliphatic heterocycles. The van der Waals surface area contributed by atoms with Gasteiger partial charge in [0.1, 0.15) is 10.1 Å². The molecule has 0 aliphatic rings. The number of hydrogen-bond acceptors (Lipinski definition) is 4. The highest BCUT2D eigenvalue weighted by Gasteiger charge is 2.09. The molecule has 0 saturated carbocycles. The Morgan fingerprint density at radius 3 is 2.76 bits per heavy atom. The van der Waals surface area contributed by atoms with E-state index in [1.54, 1.807) is 6.07 Å². The zero-order valence-electron chi connectivity index (χ0n) is 12.5. The lowest BCUT2D eigenvalue weighted by Gasteiger charge is -2.20. The van der Waals surface area contributed by atoms with Crippen LogP contribution in [0.15, 0.2) is 23.0 Å². The van der Waals surface area contributed by atoms with Gasteiger partial charge in [-0.15, -0.1) is 0 Å². The summed E-state index contributed by atoms with van der Waals surface area (Å²) in [6.07, 6.45) is 0. The second-order valence-corrected chi connectivity index (χ2v) is 6.32. The molecule has 21 heavy (non-hydrogen) atoms. The van der Waals surface area contributed by atoms with Gasteiger partial charge in [-0.1, -0.05) is 36.1 Å². The lowest BCUT2D eigenvalue weighted by molar-refractivity contribution is 0.482. The van der Waals surface area contributed by atoms with E-state index in [4.69, 9.17) is 12.2 Å². The van der Waals surface area contributed by atoms with Gasteiger partial charge in [-0.3, -0.25) is 4.79 Å². The monoisotopic (exact) mass is 321 g/mol. The molecule has 1 aromatic heterocycles. The van der Waals surface area contributed by atoms with Crippen LogP contribution in [-0.2, 0) is 5.75 Å². The van der Waals surface area contributed by atoms with Crippen molar-refractivity contribution in [3.05, 3.63) is 39.9 Å². The number of nitrogens with zero attached hydrogens (tertiary/aromatic N) is 2. The third-order valence-corrected chi connectivity index (χ3v) is 4.88. The van der Waals surface area contributed by atoms with Crippen molar-refractivity contribution in [3.63, 3.8) is 0 Å². The Morgan fingerprint density at radius 2 is 2.10 bits per heavy atom. The summed E-state index contributed by atoms with van der Waals surface area (Å²) in [5.74, 6) is 1.25. The largest absolute Gasteiger partial charge is 0.358 e. The van der Waals surface area contributed by atoms with Crippen LogP contribution >= 0.6 is 24.0 Å². The van der Waals surface area contributed by atoms with Gasteiger partial charge in [-0.25, -0.2) is 4.98 Å². The first kappa shape index (κ1) is 16.0. The van der Waals surface area contributed by atoms with Crippen LogP contribution in [0.3, 0.4) is 0 Å². The first-order valence-electron chi connectivity index (χ1n) is 6.97. The Bertz CT molecular complexity index is 708. The molecule has 0 aliphatic carbocycles. The summed E-state index contributed by atoms with van der Waals surface area (Å²) < 4.78 is 0.840. The van der Waals surface area contributed by atoms with E-state index < -0.39 is 0 Å². The zero-order chi connectivity index (χ0) is 15.4. The third-order valence-electron chi connectivity index (χ3n) is 3.34. The number of nitrogens with one attached hydrogen (secondary N) is 1. The smallest absolute Gasteiger partial charge is 0.258 e. The molecule has 1 aromatic carbocycles. The summed E-state index contributed by atoms with van der Waals surface area (Å²) >= 11 is 6.93. The van der Waals surface area contributed by atoms with E-state index in [9.17, 15) is 4.79 Å². The molecule has 4 nitrogen and oxygen atoms in total. The number of fused-ring (bicyclic) bond motifs is 1. The number of aromatic nitrogens is 2. The van der Waals surface area contributed by atoms with Crippen LogP contribution in [-0.4, -0.2) is 32.3 Å². The minimum absolute atomic E-state index is 0.0898. The fourth-order valence-corrected chi connectivity index (χ4v) is 3.40. The topological polar surface area (TPSA) is 49.0 Å². The van der Waals surface area contributed by atoms with Gasteiger partial charge in [0, 0.05) is 13.1 Å². The Morgan fingerprint density at radius 1 is 1.38 bits per heavy atom. The molecular weight excluding hydrogens is 302 g/mol. The van der Waals surface area contributed by atoms with E-state index in [2.05, 4.69) is 28.7 Å². The molecule has 1 heterocycles. The van der Waals surface area contributed by atoms with Crippen molar-refractivity contribution in [3.8, 4) is 0 Å². The number of thioether (sulfide) groups is 1. The number of benzene rings is 1. The average molecular weight is 321 g/mol. The number of hydrogen-bond donors (Lipinski definition) is 1. The minimum Gasteiger partial charge on any atom is -0.358 e. The van der Waals surface area contributed by atoms with E-state index in [-0.39, 0.29) is 5.56 Å². The summed E-state index contributed by atoms with van der Waals surface area (Å²) in [6.45, 7) is 7.91. The fourth-order valence-electron chi connectivity index (χ4n) is 2.12. The fraction of sp³-hybridized carbons (Fsp3) is 0.400. The molecule has 0 unspecified atom stereocenters. The molecule has 0 radical (unpaired) electrons. The van der Waals surface area contributed by atoms with E-state index >= 15 is 0 Å². The normalized spacial score (nSPS) is 10.8. The molecule has 0 spiro atoms. The molecule has 112 valence electrons. The Hall–Kier alpha value is -1.40. The molecule has 0 amide bonds. The maximum atomic E-state index is 12.1. The van der Waals surface area contributed by atoms with Gasteiger partial charge in [-0.2, -0.15) is 0 Å². The molecule has 2 rings (SSSR count). The van der Waals surface area contributed by atoms with Gasteiger partial charge in [-0.05, 0) is 32.4 Å². The molecule has 0 fully saturated rings. The van der Waals surface area contributed by atoms with E-state index in [1.165, 1.54) is 11.8 Å². The van der Waals surface area contributed by atoms with E-state index in [1.807, 2.05) is 19.1 Å². The molecule has 0 bridgehead atoms. The van der Waals surface area contributed by atoms with Gasteiger partial charge in [0.25, 0.3) is 5.56 Å². The van der Waals surface area contributed by atoms with Crippen LogP contribution < -0.4 is 5.56 Å². The standard InChI is InChI=1S/C15H19N3OS2/c1-4-18(5-2)15(20)21-9-12-16-13-10(3)7-6-8-11(13)14(19)17-12/h6-8H,4-5,9H2,1-3H3,(H,16,17,19). The van der Waals surface area contributed by atoms with E-state index in [0.717, 1.165) is 28.5 Å². The lowest BCUT2D eigenvalue weighted by atomic mass is 10.1. The van der Waals surface area contributed by atoms with Crippen LogP contribution in [0.1, 0.15) is 25.2 Å². The van der Waals surface area contributed by atoms with Gasteiger partial charge < -0.3 is 9.88 Å². The quantitative estimate of drug-likeness (QED) is 0.877. The molecule has 1 N–H and O–H groups in total. The van der Waals surface area contributed by atoms with Crippen molar-refractivity contribution in [1.82, 2.24) is 14.9 Å². The number of aromatic amines is 1. The van der Waals surface area contributed by atoms with Gasteiger partial charge in [0.2, 0.25) is 0 Å². The summed E-state index contributed by atoms with van der Waals surface area (Å²) in [4.78, 5) is 21.6. The second-order valence-electron chi connectivity index (χ2n) is 4.71. The maximum absolute atomic E-state index is 12.1. The summed E-state index contributed by atoms with van der Waals surface area (Å²) in [5.41, 5.74) is 1.69. The second kappa shape index (κ2) is 7.04. The van der Waals surface area contributed by atoms with Crippen LogP contribution in [0.25, 0.3) is 10.9 Å². The molecule has 2 aromatic rings. The van der Waals surface area contributed by atoms with Crippen LogP contribution in [0.5, 0.6) is 0 Å². The van der Waals surface area contributed by atoms with Crippen molar-refractivity contribution < 1.29 is 0 Å². The number of para-hydroxylation sites is 1. The predicted molar refractivity (Wildman–Crippen MR) is 93.9 cm³/mol. The van der Waals surface area contributed by atoms with Crippen molar-refractivity contribution in [2.24, 2.45) is 0 Å². The summed E-state index contributed by atoms with van der Waals surface area (Å²) in [7, 11) is 0. The highest BCUT2D eigenvalue weighted by molar-refractivity contribution is 8.22. The highest BCUT2D eigenvalue weighted by atomic mass is 32.2. The van der Waals surface area contributed by atoms with Crippen LogP contribution in [0.4, 0.5) is 0 Å². The van der Waals surface area contributed by atoms with Gasteiger partial charge in [0.15, 0.2) is 0 Å². The molecule has 0 atom stereocenters. The molecule has 0 saturated heterocycles. The number of rotatable bonds is 4. The third kappa shape index (κ3) is 3.63. The first-order valence-corrected chi connectivity index (χ1v) is 8.36. The van der Waals surface area contributed by atoms with Crippen molar-refractivity contribution >= 4 is 39.2 Å². The van der Waals surface area contributed by atoms with Gasteiger partial charge >= 0.3 is 0 Å². The van der Waals surface area contributed by atoms with E-state index in [0.29, 0.717) is 17.0 Å². The summed E-state index contributed by atoms with van der Waals surface area (Å²) in [6, 6.07) is 5.64. The number of thiocarbonyl (C=S) groups is 1. The Labute approximate surface area is 134 Å². The zero-order valence-corrected chi connectivity index (χ0v) is 14.1. The van der Waals surface area contributed by atoms with Crippen molar-refractivity contribution in [2.75, 3.05) is 13.1 Å². The van der Waals surface area contributed by atoms with Crippen LogP contribution in [0.2, 0.25) is 0 Å². The first-order chi connectivity index (χ1) is 10.1. The van der Waals surface area contributed by atoms with Gasteiger partial charge in [0.05, 0.1) is 16.7 Å². The molecule has 6 heteroatoms. The Balaban J connectivity index is 2.22. The van der Waals surface area contributed by atoms with Crippen molar-refractivity contribution in [1.29, 1.82) is 0 Å². The Kier molecular flexibility index (Phi) is 5.36. The predicted octanol–water partition coefficient (Wildman–Crippen LogP) is 3.09. The number of aryl methyl sites for hydroxylation is 1. The average Bonchev–Trinajstić information content (AvgIpc) is 2.47.